The van der Waals surface area contributed by atoms with Gasteiger partial charge in [0.1, 0.15) is 0 Å². The van der Waals surface area contributed by atoms with Gasteiger partial charge in [-0.1, -0.05) is 5.57 Å². The number of hydrogen-bond donors (Lipinski definition) is 1. The third kappa shape index (κ3) is 1.87. The van der Waals surface area contributed by atoms with E-state index in [2.05, 4.69) is 17.2 Å². The maximum absolute atomic E-state index is 5.86. The largest absolute Gasteiger partial charge is 0.327 e. The van der Waals surface area contributed by atoms with Gasteiger partial charge >= 0.3 is 0 Å². The highest BCUT2D eigenvalue weighted by Gasteiger charge is 2.15. The van der Waals surface area contributed by atoms with E-state index in [9.17, 15) is 0 Å². The molecule has 2 N–H and O–H groups in total. The summed E-state index contributed by atoms with van der Waals surface area (Å²) in [5.41, 5.74) is 9.58. The highest BCUT2D eigenvalue weighted by molar-refractivity contribution is 5.50. The molecule has 1 heterocycles. The smallest absolute Gasteiger partial charge is 0.0608 e. The summed E-state index contributed by atoms with van der Waals surface area (Å²) in [5.74, 6) is 0. The van der Waals surface area contributed by atoms with Crippen LogP contribution in [0.1, 0.15) is 30.7 Å². The molecule has 1 aromatic heterocycles. The van der Waals surface area contributed by atoms with E-state index in [0.29, 0.717) is 6.04 Å². The molecule has 3 nitrogen and oxygen atoms in total. The third-order valence-electron chi connectivity index (χ3n) is 2.75. The molecule has 0 spiro atoms. The standard InChI is InChI=1S/C11H17N3/c1-8-5-11(14(2)13-8)7-9-3-4-10(12)6-9/h5,7,10H,3-4,6,12H2,1-2H3/b9-7-. The van der Waals surface area contributed by atoms with Gasteiger partial charge in [0, 0.05) is 13.1 Å². The Bertz CT molecular complexity index is 363. The fourth-order valence-corrected chi connectivity index (χ4v) is 2.02. The molecule has 1 aliphatic carbocycles. The molecule has 2 rings (SSSR count). The topological polar surface area (TPSA) is 43.8 Å². The van der Waals surface area contributed by atoms with E-state index in [1.54, 1.807) is 0 Å². The second-order valence-electron chi connectivity index (χ2n) is 4.14. The van der Waals surface area contributed by atoms with Crippen molar-refractivity contribution < 1.29 is 0 Å². The predicted molar refractivity (Wildman–Crippen MR) is 57.7 cm³/mol. The second-order valence-corrected chi connectivity index (χ2v) is 4.14. The van der Waals surface area contributed by atoms with E-state index in [1.165, 1.54) is 11.3 Å². The van der Waals surface area contributed by atoms with E-state index in [1.807, 2.05) is 18.7 Å². The van der Waals surface area contributed by atoms with Gasteiger partial charge in [-0.25, -0.2) is 0 Å². The lowest BCUT2D eigenvalue weighted by Gasteiger charge is -1.98. The number of aromatic nitrogens is 2. The Kier molecular flexibility index (Phi) is 2.42. The second kappa shape index (κ2) is 3.58. The molecule has 1 aliphatic rings. The van der Waals surface area contributed by atoms with Gasteiger partial charge in [0.2, 0.25) is 0 Å². The van der Waals surface area contributed by atoms with Crippen molar-refractivity contribution >= 4 is 6.08 Å². The van der Waals surface area contributed by atoms with Crippen LogP contribution in [0, 0.1) is 6.92 Å². The highest BCUT2D eigenvalue weighted by Crippen LogP contribution is 2.25. The highest BCUT2D eigenvalue weighted by atomic mass is 15.3. The quantitative estimate of drug-likeness (QED) is 0.733. The van der Waals surface area contributed by atoms with E-state index in [0.717, 1.165) is 25.0 Å². The van der Waals surface area contributed by atoms with Crippen LogP contribution >= 0.6 is 0 Å². The van der Waals surface area contributed by atoms with Crippen LogP contribution in [0.3, 0.4) is 0 Å². The summed E-state index contributed by atoms with van der Waals surface area (Å²) in [4.78, 5) is 0. The molecule has 0 aliphatic heterocycles. The normalized spacial score (nSPS) is 24.8. The van der Waals surface area contributed by atoms with Crippen LogP contribution in [-0.2, 0) is 7.05 Å². The van der Waals surface area contributed by atoms with Crippen LogP contribution in [0.4, 0.5) is 0 Å². The summed E-state index contributed by atoms with van der Waals surface area (Å²) in [5, 5.41) is 4.31. The van der Waals surface area contributed by atoms with Crippen molar-refractivity contribution in [3.63, 3.8) is 0 Å². The lowest BCUT2D eigenvalue weighted by molar-refractivity contribution is 0.711. The van der Waals surface area contributed by atoms with Crippen LogP contribution < -0.4 is 5.73 Å². The average molecular weight is 191 g/mol. The molecule has 0 amide bonds. The zero-order valence-electron chi connectivity index (χ0n) is 8.83. The first-order valence-corrected chi connectivity index (χ1v) is 5.11. The van der Waals surface area contributed by atoms with Crippen molar-refractivity contribution in [3.8, 4) is 0 Å². The molecule has 0 saturated heterocycles. The molecular weight excluding hydrogens is 174 g/mol. The van der Waals surface area contributed by atoms with Gasteiger partial charge in [0.25, 0.3) is 0 Å². The molecule has 0 radical (unpaired) electrons. The number of rotatable bonds is 1. The molecule has 3 heteroatoms. The summed E-state index contributed by atoms with van der Waals surface area (Å²) >= 11 is 0. The maximum atomic E-state index is 5.86. The molecule has 1 atom stereocenters. The first-order valence-electron chi connectivity index (χ1n) is 5.11. The van der Waals surface area contributed by atoms with Crippen molar-refractivity contribution in [2.24, 2.45) is 12.8 Å². The molecule has 1 aromatic rings. The zero-order chi connectivity index (χ0) is 10.1. The first kappa shape index (κ1) is 9.46. The van der Waals surface area contributed by atoms with Gasteiger partial charge in [-0.2, -0.15) is 5.10 Å². The van der Waals surface area contributed by atoms with Gasteiger partial charge in [-0.15, -0.1) is 0 Å². The van der Waals surface area contributed by atoms with Crippen molar-refractivity contribution in [2.75, 3.05) is 0 Å². The van der Waals surface area contributed by atoms with Gasteiger partial charge in [0.05, 0.1) is 11.4 Å². The Hall–Kier alpha value is -1.09. The molecule has 14 heavy (non-hydrogen) atoms. The van der Waals surface area contributed by atoms with Gasteiger partial charge in [-0.3, -0.25) is 4.68 Å². The van der Waals surface area contributed by atoms with E-state index >= 15 is 0 Å². The number of nitrogens with zero attached hydrogens (tertiary/aromatic N) is 2. The number of aryl methyl sites for hydroxylation is 2. The van der Waals surface area contributed by atoms with E-state index in [4.69, 9.17) is 5.73 Å². The lowest BCUT2D eigenvalue weighted by atomic mass is 10.2. The fourth-order valence-electron chi connectivity index (χ4n) is 2.02. The zero-order valence-corrected chi connectivity index (χ0v) is 8.83. The minimum Gasteiger partial charge on any atom is -0.327 e. The van der Waals surface area contributed by atoms with Gasteiger partial charge in [0.15, 0.2) is 0 Å². The molecule has 1 saturated carbocycles. The molecule has 0 aromatic carbocycles. The minimum atomic E-state index is 0.371. The molecule has 1 fully saturated rings. The van der Waals surface area contributed by atoms with Crippen LogP contribution in [0.15, 0.2) is 11.6 Å². The van der Waals surface area contributed by atoms with Crippen molar-refractivity contribution in [1.82, 2.24) is 9.78 Å². The molecule has 76 valence electrons. The first-order chi connectivity index (χ1) is 6.65. The monoisotopic (exact) mass is 191 g/mol. The van der Waals surface area contributed by atoms with Gasteiger partial charge < -0.3 is 5.73 Å². The predicted octanol–water partition coefficient (Wildman–Crippen LogP) is 1.62. The SMILES string of the molecule is Cc1cc(/C=C2/CCC(N)C2)n(C)n1. The Morgan fingerprint density at radius 3 is 2.93 bits per heavy atom. The summed E-state index contributed by atoms with van der Waals surface area (Å²) in [6.45, 7) is 2.02. The van der Waals surface area contributed by atoms with Crippen molar-refractivity contribution in [1.29, 1.82) is 0 Å². The summed E-state index contributed by atoms with van der Waals surface area (Å²) in [7, 11) is 1.98. The molecule has 1 unspecified atom stereocenters. The van der Waals surface area contributed by atoms with Gasteiger partial charge in [-0.05, 0) is 38.3 Å². The van der Waals surface area contributed by atoms with E-state index in [-0.39, 0.29) is 0 Å². The Balaban J connectivity index is 2.21. The number of hydrogen-bond acceptors (Lipinski definition) is 2. The number of nitrogens with two attached hydrogens (primary N) is 1. The molecular formula is C11H17N3. The molecule has 0 bridgehead atoms. The van der Waals surface area contributed by atoms with Crippen molar-refractivity contribution in [3.05, 3.63) is 23.0 Å². The van der Waals surface area contributed by atoms with Crippen molar-refractivity contribution in [2.45, 2.75) is 32.2 Å². The minimum absolute atomic E-state index is 0.371. The maximum Gasteiger partial charge on any atom is 0.0608 e. The summed E-state index contributed by atoms with van der Waals surface area (Å²) in [6, 6.07) is 2.48. The van der Waals surface area contributed by atoms with Crippen LogP contribution in [0.2, 0.25) is 0 Å². The average Bonchev–Trinajstić information content (AvgIpc) is 2.61. The lowest BCUT2D eigenvalue weighted by Crippen LogP contribution is -2.13. The summed E-state index contributed by atoms with van der Waals surface area (Å²) in [6.07, 6.45) is 5.55. The van der Waals surface area contributed by atoms with Crippen LogP contribution in [0.25, 0.3) is 6.08 Å². The summed E-state index contributed by atoms with van der Waals surface area (Å²) < 4.78 is 1.92. The van der Waals surface area contributed by atoms with E-state index < -0.39 is 0 Å². The van der Waals surface area contributed by atoms with Crippen LogP contribution in [-0.4, -0.2) is 15.8 Å². The fraction of sp³-hybridized carbons (Fsp3) is 0.545. The Morgan fingerprint density at radius 2 is 2.43 bits per heavy atom. The Morgan fingerprint density at radius 1 is 1.64 bits per heavy atom. The Labute approximate surface area is 84.6 Å². The van der Waals surface area contributed by atoms with Crippen LogP contribution in [0.5, 0.6) is 0 Å². The third-order valence-corrected chi connectivity index (χ3v) is 2.75.